The number of hydrogen-bond donors (Lipinski definition) is 1. The van der Waals surface area contributed by atoms with Crippen molar-refractivity contribution in [2.75, 3.05) is 0 Å². The van der Waals surface area contributed by atoms with E-state index < -0.39 is 23.4 Å². The fraction of sp³-hybridized carbons (Fsp3) is 0.167. The number of hydrogen-bond acceptors (Lipinski definition) is 2. The summed E-state index contributed by atoms with van der Waals surface area (Å²) in [7, 11) is 0. The van der Waals surface area contributed by atoms with Crippen LogP contribution in [-0.2, 0) is 4.79 Å². The Balaban J connectivity index is 2.83. The van der Waals surface area contributed by atoms with Crippen molar-refractivity contribution in [3.63, 3.8) is 0 Å². The molecule has 0 radical (unpaired) electrons. The van der Waals surface area contributed by atoms with Gasteiger partial charge >= 0.3 is 6.18 Å². The lowest BCUT2D eigenvalue weighted by molar-refractivity contribution is -0.117. The van der Waals surface area contributed by atoms with Gasteiger partial charge in [0.25, 0.3) is 5.78 Å². The monoisotopic (exact) mass is 255 g/mol. The van der Waals surface area contributed by atoms with E-state index in [1.165, 1.54) is 12.1 Å². The molecule has 0 fully saturated rings. The minimum Gasteiger partial charge on any atom is -0.369 e. The largest absolute Gasteiger partial charge is 0.454 e. The summed E-state index contributed by atoms with van der Waals surface area (Å²) in [5, 5.41) is 0. The van der Waals surface area contributed by atoms with Gasteiger partial charge in [-0.1, -0.05) is 11.8 Å². The molecule has 94 valence electrons. The minimum absolute atomic E-state index is 0.136. The van der Waals surface area contributed by atoms with Gasteiger partial charge in [0.1, 0.15) is 0 Å². The number of ketones is 1. The van der Waals surface area contributed by atoms with E-state index in [9.17, 15) is 22.8 Å². The Morgan fingerprint density at radius 3 is 2.17 bits per heavy atom. The summed E-state index contributed by atoms with van der Waals surface area (Å²) in [6, 6.07) is 4.61. The lowest BCUT2D eigenvalue weighted by Crippen LogP contribution is -2.22. The van der Waals surface area contributed by atoms with Gasteiger partial charge in [-0.2, -0.15) is 13.2 Å². The molecule has 1 rings (SSSR count). The minimum atomic E-state index is -4.89. The van der Waals surface area contributed by atoms with Gasteiger partial charge < -0.3 is 5.73 Å². The Morgan fingerprint density at radius 1 is 1.17 bits per heavy atom. The van der Waals surface area contributed by atoms with Crippen LogP contribution in [-0.4, -0.2) is 17.9 Å². The number of Topliss-reactive ketones (excluding diaryl/α,β-unsaturated/α-hetero) is 1. The van der Waals surface area contributed by atoms with Crippen LogP contribution in [0.2, 0.25) is 0 Å². The molecule has 0 aliphatic heterocycles. The van der Waals surface area contributed by atoms with Crippen molar-refractivity contribution in [2.24, 2.45) is 5.73 Å². The average molecular weight is 255 g/mol. The second-order valence-electron chi connectivity index (χ2n) is 3.35. The molecule has 1 aromatic rings. The number of halogens is 3. The van der Waals surface area contributed by atoms with Gasteiger partial charge in [0.05, 0.1) is 6.42 Å². The highest BCUT2D eigenvalue weighted by Crippen LogP contribution is 2.21. The molecule has 0 bridgehead atoms. The van der Waals surface area contributed by atoms with E-state index in [-0.39, 0.29) is 6.42 Å². The highest BCUT2D eigenvalue weighted by atomic mass is 19.4. The maximum atomic E-state index is 12.1. The molecule has 1 aromatic carbocycles. The van der Waals surface area contributed by atoms with Gasteiger partial charge in [-0.3, -0.25) is 9.59 Å². The topological polar surface area (TPSA) is 60.2 Å². The van der Waals surface area contributed by atoms with Crippen LogP contribution in [0, 0.1) is 11.8 Å². The van der Waals surface area contributed by atoms with Crippen molar-refractivity contribution in [3.8, 4) is 11.8 Å². The van der Waals surface area contributed by atoms with Gasteiger partial charge in [0, 0.05) is 11.1 Å². The molecular formula is C12H8F3NO2. The van der Waals surface area contributed by atoms with Crippen molar-refractivity contribution in [3.05, 3.63) is 35.4 Å². The third kappa shape index (κ3) is 3.94. The maximum Gasteiger partial charge on any atom is 0.454 e. The summed E-state index contributed by atoms with van der Waals surface area (Å²) >= 11 is 0. The summed E-state index contributed by atoms with van der Waals surface area (Å²) in [6.45, 7) is 0. The number of alkyl halides is 3. The fourth-order valence-electron chi connectivity index (χ4n) is 1.10. The molecule has 0 aromatic heterocycles. The smallest absolute Gasteiger partial charge is 0.369 e. The molecule has 0 saturated heterocycles. The Labute approximate surface area is 101 Å². The highest BCUT2D eigenvalue weighted by molar-refractivity contribution is 6.00. The number of primary amides is 1. The lowest BCUT2D eigenvalue weighted by atomic mass is 10.1. The van der Waals surface area contributed by atoms with E-state index in [1.54, 1.807) is 0 Å². The van der Waals surface area contributed by atoms with Crippen molar-refractivity contribution in [1.82, 2.24) is 0 Å². The first kappa shape index (κ1) is 13.8. The van der Waals surface area contributed by atoms with Gasteiger partial charge in [0.2, 0.25) is 5.91 Å². The van der Waals surface area contributed by atoms with Crippen molar-refractivity contribution < 1.29 is 22.8 Å². The van der Waals surface area contributed by atoms with Crippen LogP contribution in [0.1, 0.15) is 22.3 Å². The summed E-state index contributed by atoms with van der Waals surface area (Å²) in [6.07, 6.45) is -5.03. The zero-order valence-electron chi connectivity index (χ0n) is 9.04. The predicted molar refractivity (Wildman–Crippen MR) is 57.5 cm³/mol. The average Bonchev–Trinajstić information content (AvgIpc) is 2.27. The van der Waals surface area contributed by atoms with E-state index >= 15 is 0 Å². The zero-order chi connectivity index (χ0) is 13.8. The zero-order valence-corrected chi connectivity index (χ0v) is 9.04. The van der Waals surface area contributed by atoms with E-state index in [1.807, 2.05) is 0 Å². The number of rotatable bonds is 2. The van der Waals surface area contributed by atoms with E-state index in [4.69, 9.17) is 5.73 Å². The number of carbonyl (C=O) groups excluding carboxylic acids is 2. The molecular weight excluding hydrogens is 247 g/mol. The Hall–Kier alpha value is -2.29. The molecule has 0 aliphatic rings. The Morgan fingerprint density at radius 2 is 1.72 bits per heavy atom. The standard InChI is InChI=1S/C12H8F3NO2/c13-12(14,15)11(18)9-6-4-8(5-7-9)2-1-3-10(16)17/h4-7H,3H2,(H2,16,17). The van der Waals surface area contributed by atoms with E-state index in [2.05, 4.69) is 11.8 Å². The first-order valence-corrected chi connectivity index (χ1v) is 4.79. The second kappa shape index (κ2) is 5.36. The SMILES string of the molecule is NC(=O)CC#Cc1ccc(C(=O)C(F)(F)F)cc1. The van der Waals surface area contributed by atoms with Gasteiger partial charge in [0.15, 0.2) is 0 Å². The third-order valence-corrected chi connectivity index (χ3v) is 1.90. The summed E-state index contributed by atoms with van der Waals surface area (Å²) < 4.78 is 36.3. The maximum absolute atomic E-state index is 12.1. The molecule has 1 amide bonds. The van der Waals surface area contributed by atoms with Gasteiger partial charge in [-0.05, 0) is 24.3 Å². The third-order valence-electron chi connectivity index (χ3n) is 1.90. The van der Waals surface area contributed by atoms with Crippen molar-refractivity contribution in [2.45, 2.75) is 12.6 Å². The van der Waals surface area contributed by atoms with E-state index in [0.29, 0.717) is 5.56 Å². The van der Waals surface area contributed by atoms with E-state index in [0.717, 1.165) is 12.1 Å². The van der Waals surface area contributed by atoms with Gasteiger partial charge in [-0.25, -0.2) is 0 Å². The molecule has 0 atom stereocenters. The molecule has 0 aliphatic carbocycles. The number of benzene rings is 1. The van der Waals surface area contributed by atoms with Crippen LogP contribution in [0.15, 0.2) is 24.3 Å². The molecule has 3 nitrogen and oxygen atoms in total. The quantitative estimate of drug-likeness (QED) is 0.645. The van der Waals surface area contributed by atoms with Crippen molar-refractivity contribution >= 4 is 11.7 Å². The molecule has 0 unspecified atom stereocenters. The van der Waals surface area contributed by atoms with Crippen LogP contribution < -0.4 is 5.73 Å². The molecule has 0 saturated carbocycles. The Bertz CT molecular complexity index is 521. The van der Waals surface area contributed by atoms with Crippen LogP contribution in [0.3, 0.4) is 0 Å². The highest BCUT2D eigenvalue weighted by Gasteiger charge is 2.39. The van der Waals surface area contributed by atoms with Crippen LogP contribution in [0.5, 0.6) is 0 Å². The fourth-order valence-corrected chi connectivity index (χ4v) is 1.10. The predicted octanol–water partition coefficient (Wildman–Crippen LogP) is 1.66. The van der Waals surface area contributed by atoms with Crippen LogP contribution >= 0.6 is 0 Å². The second-order valence-corrected chi connectivity index (χ2v) is 3.35. The normalized spacial score (nSPS) is 10.4. The number of amides is 1. The first-order chi connectivity index (χ1) is 8.30. The molecule has 6 heteroatoms. The molecule has 0 spiro atoms. The first-order valence-electron chi connectivity index (χ1n) is 4.79. The summed E-state index contributed by atoms with van der Waals surface area (Å²) in [5.41, 5.74) is 4.80. The van der Waals surface area contributed by atoms with Crippen LogP contribution in [0.25, 0.3) is 0 Å². The Kier molecular flexibility index (Phi) is 4.10. The summed E-state index contributed by atoms with van der Waals surface area (Å²) in [4.78, 5) is 21.3. The summed E-state index contributed by atoms with van der Waals surface area (Å²) in [5.74, 6) is 2.49. The molecule has 2 N–H and O–H groups in total. The van der Waals surface area contributed by atoms with Gasteiger partial charge in [-0.15, -0.1) is 0 Å². The number of carbonyl (C=O) groups is 2. The molecule has 0 heterocycles. The van der Waals surface area contributed by atoms with Crippen molar-refractivity contribution in [1.29, 1.82) is 0 Å². The number of nitrogens with two attached hydrogens (primary N) is 1. The van der Waals surface area contributed by atoms with Crippen LogP contribution in [0.4, 0.5) is 13.2 Å². The molecule has 18 heavy (non-hydrogen) atoms. The lowest BCUT2D eigenvalue weighted by Gasteiger charge is -2.04.